The molecule has 2 aliphatic carbocycles. The van der Waals surface area contributed by atoms with Gasteiger partial charge in [-0.25, -0.2) is 0 Å². The van der Waals surface area contributed by atoms with E-state index < -0.39 is 34.6 Å². The van der Waals surface area contributed by atoms with Gasteiger partial charge in [0.25, 0.3) is 0 Å². The Bertz CT molecular complexity index is 2210. The van der Waals surface area contributed by atoms with E-state index >= 15 is 0 Å². The summed E-state index contributed by atoms with van der Waals surface area (Å²) in [7, 11) is 0. The molecule has 48 heavy (non-hydrogen) atoms. The molecule has 0 aromatic heterocycles. The molecule has 0 heterocycles. The van der Waals surface area contributed by atoms with Crippen LogP contribution in [0, 0.1) is 79.3 Å². The number of nitriles is 7. The maximum Gasteiger partial charge on any atom is 0.416 e. The number of hydrogen-bond donors (Lipinski definition) is 0. The molecule has 0 radical (unpaired) electrons. The normalized spacial score (nSPS) is 13.2. The minimum absolute atomic E-state index is 0.0233. The van der Waals surface area contributed by atoms with Crippen LogP contribution in [0.25, 0.3) is 33.4 Å². The van der Waals surface area contributed by atoms with E-state index in [2.05, 4.69) is 0 Å². The summed E-state index contributed by atoms with van der Waals surface area (Å²) in [5.74, 6) is 0. The number of nitrogens with zero attached hydrogens (tertiary/aromatic N) is 7. The van der Waals surface area contributed by atoms with Crippen molar-refractivity contribution < 1.29 is 26.3 Å². The second-order valence-corrected chi connectivity index (χ2v) is 10.0. The molecule has 13 heteroatoms. The predicted molar refractivity (Wildman–Crippen MR) is 155 cm³/mol. The van der Waals surface area contributed by atoms with Crippen LogP contribution in [0.5, 0.6) is 0 Å². The Kier molecular flexibility index (Phi) is 7.69. The number of rotatable bonds is 2. The monoisotopic (exact) mass is 641 g/mol. The fraction of sp³-hybridized carbons (Fsp3) is 0.0571. The van der Waals surface area contributed by atoms with Crippen molar-refractivity contribution in [2.45, 2.75) is 12.4 Å². The summed E-state index contributed by atoms with van der Waals surface area (Å²) in [5.41, 5.74) is -5.67. The van der Waals surface area contributed by atoms with Gasteiger partial charge in [-0.2, -0.15) is 63.2 Å². The molecule has 0 saturated heterocycles. The van der Waals surface area contributed by atoms with E-state index in [1.54, 1.807) is 24.3 Å². The maximum absolute atomic E-state index is 13.3. The number of alkyl halides is 6. The highest BCUT2D eigenvalue weighted by atomic mass is 19.4. The largest absolute Gasteiger partial charge is 0.416 e. The molecule has 226 valence electrons. The van der Waals surface area contributed by atoms with Crippen LogP contribution in [-0.2, 0) is 12.4 Å². The molecule has 3 aromatic carbocycles. The summed E-state index contributed by atoms with van der Waals surface area (Å²) in [6.45, 7) is 0. The highest BCUT2D eigenvalue weighted by molar-refractivity contribution is 6.30. The van der Waals surface area contributed by atoms with Crippen LogP contribution in [0.4, 0.5) is 26.3 Å². The Balaban J connectivity index is 1.95. The molecule has 0 saturated carbocycles. The lowest BCUT2D eigenvalue weighted by molar-refractivity contribution is -0.138. The summed E-state index contributed by atoms with van der Waals surface area (Å²) in [5, 5.41) is 70.8. The van der Waals surface area contributed by atoms with E-state index in [0.717, 1.165) is 48.5 Å². The molecule has 0 fully saturated rings. The molecule has 0 atom stereocenters. The summed E-state index contributed by atoms with van der Waals surface area (Å²) >= 11 is 0. The van der Waals surface area contributed by atoms with Gasteiger partial charge in [-0.15, -0.1) is 0 Å². The second kappa shape index (κ2) is 11.5. The highest BCUT2D eigenvalue weighted by Crippen LogP contribution is 2.56. The van der Waals surface area contributed by atoms with Crippen molar-refractivity contribution in [2.75, 3.05) is 0 Å². The number of allylic oxidation sites excluding steroid dienone is 8. The average molecular weight is 641 g/mol. The Morgan fingerprint density at radius 3 is 1.06 bits per heavy atom. The SMILES string of the molecule is N#CC(C#N)=C1C(c2ccc(C(F)(F)F)cc2)=C(C#N)c2c1cc1c(c2C#N)C(C#N)=C(c2ccc(C(F)(F)F)cc2)C1=C(C#N)C#N. The molecule has 0 aliphatic heterocycles. The van der Waals surface area contributed by atoms with Gasteiger partial charge in [-0.05, 0) is 52.6 Å². The smallest absolute Gasteiger partial charge is 0.192 e. The first kappa shape index (κ1) is 32.0. The topological polar surface area (TPSA) is 167 Å². The Morgan fingerprint density at radius 1 is 0.479 bits per heavy atom. The van der Waals surface area contributed by atoms with Crippen LogP contribution >= 0.6 is 0 Å². The van der Waals surface area contributed by atoms with Gasteiger partial charge in [-0.1, -0.05) is 24.3 Å². The zero-order chi connectivity index (χ0) is 35.1. The summed E-state index contributed by atoms with van der Waals surface area (Å²) in [6, 6.07) is 20.7. The summed E-state index contributed by atoms with van der Waals surface area (Å²) in [4.78, 5) is 0. The zero-order valence-corrected chi connectivity index (χ0v) is 23.6. The molecule has 5 rings (SSSR count). The van der Waals surface area contributed by atoms with Crippen LogP contribution < -0.4 is 0 Å². The molecule has 0 amide bonds. The predicted octanol–water partition coefficient (Wildman–Crippen LogP) is 8.09. The Hall–Kier alpha value is -7.37. The molecular formula is C35H9F6N7. The summed E-state index contributed by atoms with van der Waals surface area (Å²) < 4.78 is 80.0. The second-order valence-electron chi connectivity index (χ2n) is 10.0. The number of fused-ring (bicyclic) bond motifs is 2. The van der Waals surface area contributed by atoms with Crippen LogP contribution in [0.2, 0.25) is 0 Å². The molecule has 2 aliphatic rings. The van der Waals surface area contributed by atoms with E-state index in [0.29, 0.717) is 0 Å². The van der Waals surface area contributed by atoms with Gasteiger partial charge in [0.15, 0.2) is 0 Å². The minimum Gasteiger partial charge on any atom is -0.192 e. The van der Waals surface area contributed by atoms with E-state index in [1.165, 1.54) is 6.07 Å². The van der Waals surface area contributed by atoms with Crippen molar-refractivity contribution >= 4 is 33.4 Å². The van der Waals surface area contributed by atoms with Gasteiger partial charge in [-0.3, -0.25) is 0 Å². The third kappa shape index (κ3) is 4.81. The molecule has 0 spiro atoms. The molecule has 0 bridgehead atoms. The number of halogens is 6. The van der Waals surface area contributed by atoms with Gasteiger partial charge in [0.05, 0.1) is 27.8 Å². The number of benzene rings is 3. The van der Waals surface area contributed by atoms with E-state index in [9.17, 15) is 63.2 Å². The lowest BCUT2D eigenvalue weighted by atomic mass is 9.87. The fourth-order valence-electron chi connectivity index (χ4n) is 5.72. The minimum atomic E-state index is -4.71. The molecule has 0 unspecified atom stereocenters. The first-order valence-electron chi connectivity index (χ1n) is 13.2. The molecule has 3 aromatic rings. The Labute approximate surface area is 267 Å². The van der Waals surface area contributed by atoms with E-state index in [4.69, 9.17) is 0 Å². The van der Waals surface area contributed by atoms with Crippen molar-refractivity contribution in [2.24, 2.45) is 0 Å². The van der Waals surface area contributed by atoms with Crippen molar-refractivity contribution in [3.05, 3.63) is 116 Å². The van der Waals surface area contributed by atoms with Crippen LogP contribution in [0.1, 0.15) is 50.1 Å². The third-order valence-electron chi connectivity index (χ3n) is 7.65. The standard InChI is InChI=1S/C35H9F6N7/c36-34(37,38)21-5-1-17(2-6-21)28-25(14-46)32-23(30(28)19(10-42)11-43)9-24-31(20(12-44)13-45)29(26(15-47)33(24)27(32)16-48)18-3-7-22(8-4-18)35(39,40)41/h1-9H. The molecule has 0 N–H and O–H groups in total. The lowest BCUT2D eigenvalue weighted by Crippen LogP contribution is -2.04. The van der Waals surface area contributed by atoms with Crippen LogP contribution in [0.3, 0.4) is 0 Å². The van der Waals surface area contributed by atoms with Crippen molar-refractivity contribution in [3.8, 4) is 42.5 Å². The van der Waals surface area contributed by atoms with Crippen LogP contribution in [0.15, 0.2) is 65.7 Å². The zero-order valence-electron chi connectivity index (χ0n) is 23.6. The molecular weight excluding hydrogens is 632 g/mol. The van der Waals surface area contributed by atoms with Crippen molar-refractivity contribution in [1.29, 1.82) is 36.8 Å². The molecule has 7 nitrogen and oxygen atoms in total. The van der Waals surface area contributed by atoms with Crippen molar-refractivity contribution in [1.82, 2.24) is 0 Å². The lowest BCUT2D eigenvalue weighted by Gasteiger charge is -2.13. The maximum atomic E-state index is 13.3. The first-order valence-corrected chi connectivity index (χ1v) is 13.2. The fourth-order valence-corrected chi connectivity index (χ4v) is 5.72. The van der Waals surface area contributed by atoms with E-state index in [-0.39, 0.29) is 72.4 Å². The summed E-state index contributed by atoms with van der Waals surface area (Å²) in [6.07, 6.45) is -9.43. The van der Waals surface area contributed by atoms with Crippen LogP contribution in [-0.4, -0.2) is 0 Å². The average Bonchev–Trinajstić information content (AvgIpc) is 3.57. The quantitative estimate of drug-likeness (QED) is 0.201. The first-order chi connectivity index (χ1) is 22.8. The highest BCUT2D eigenvalue weighted by Gasteiger charge is 2.41. The van der Waals surface area contributed by atoms with Gasteiger partial charge < -0.3 is 0 Å². The number of hydrogen-bond acceptors (Lipinski definition) is 7. The third-order valence-corrected chi connectivity index (χ3v) is 7.65. The van der Waals surface area contributed by atoms with Gasteiger partial charge >= 0.3 is 12.4 Å². The van der Waals surface area contributed by atoms with E-state index in [1.807, 2.05) is 18.2 Å². The van der Waals surface area contributed by atoms with Crippen molar-refractivity contribution in [3.63, 3.8) is 0 Å². The van der Waals surface area contributed by atoms with Gasteiger partial charge in [0.1, 0.15) is 53.6 Å². The van der Waals surface area contributed by atoms with Gasteiger partial charge in [0.2, 0.25) is 0 Å². The van der Waals surface area contributed by atoms with Gasteiger partial charge in [0, 0.05) is 33.4 Å². The Morgan fingerprint density at radius 2 is 0.812 bits per heavy atom.